The van der Waals surface area contributed by atoms with E-state index >= 15 is 0 Å². The summed E-state index contributed by atoms with van der Waals surface area (Å²) in [5, 5.41) is 18.5. The molecule has 122 valence electrons. The SMILES string of the molecule is CCCC[C@H](NC(=O)c1[nH]nc(-c2ccccc2)c1Br)C(=O)O. The smallest absolute Gasteiger partial charge is 0.326 e. The number of hydrogen-bond acceptors (Lipinski definition) is 3. The van der Waals surface area contributed by atoms with Gasteiger partial charge in [-0.15, -0.1) is 0 Å². The molecule has 1 amide bonds. The van der Waals surface area contributed by atoms with Crippen LogP contribution < -0.4 is 5.32 Å². The minimum absolute atomic E-state index is 0.214. The molecule has 1 aromatic carbocycles. The maximum Gasteiger partial charge on any atom is 0.326 e. The number of benzene rings is 1. The number of carboxylic acid groups (broad SMARTS) is 1. The maximum atomic E-state index is 12.3. The summed E-state index contributed by atoms with van der Waals surface area (Å²) < 4.78 is 0.515. The molecule has 7 heteroatoms. The quantitative estimate of drug-likeness (QED) is 0.688. The van der Waals surface area contributed by atoms with Crippen molar-refractivity contribution in [2.75, 3.05) is 0 Å². The second-order valence-electron chi connectivity index (χ2n) is 5.13. The van der Waals surface area contributed by atoms with Crippen LogP contribution in [0.2, 0.25) is 0 Å². The molecular formula is C16H18BrN3O3. The molecule has 6 nitrogen and oxygen atoms in total. The van der Waals surface area contributed by atoms with Gasteiger partial charge in [-0.2, -0.15) is 5.10 Å². The first kappa shape index (κ1) is 17.2. The molecule has 0 aliphatic rings. The highest BCUT2D eigenvalue weighted by molar-refractivity contribution is 9.10. The molecule has 0 saturated carbocycles. The average molecular weight is 380 g/mol. The summed E-state index contributed by atoms with van der Waals surface area (Å²) in [5.41, 5.74) is 1.68. The van der Waals surface area contributed by atoms with Crippen molar-refractivity contribution in [1.82, 2.24) is 15.5 Å². The number of nitrogens with zero attached hydrogens (tertiary/aromatic N) is 1. The lowest BCUT2D eigenvalue weighted by atomic mass is 10.1. The monoisotopic (exact) mass is 379 g/mol. The summed E-state index contributed by atoms with van der Waals surface area (Å²) in [4.78, 5) is 23.5. The molecule has 0 fully saturated rings. The number of aromatic amines is 1. The second-order valence-corrected chi connectivity index (χ2v) is 5.93. The first-order valence-electron chi connectivity index (χ1n) is 7.37. The molecule has 0 saturated heterocycles. The molecule has 3 N–H and O–H groups in total. The molecular weight excluding hydrogens is 362 g/mol. The van der Waals surface area contributed by atoms with Crippen molar-refractivity contribution in [3.63, 3.8) is 0 Å². The fourth-order valence-corrected chi connectivity index (χ4v) is 2.75. The minimum Gasteiger partial charge on any atom is -0.480 e. The molecule has 2 rings (SSSR count). The Morgan fingerprint density at radius 1 is 1.35 bits per heavy atom. The Bertz CT molecular complexity index is 685. The van der Waals surface area contributed by atoms with Crippen molar-refractivity contribution in [2.45, 2.75) is 32.2 Å². The van der Waals surface area contributed by atoms with Crippen LogP contribution in [0.25, 0.3) is 11.3 Å². The van der Waals surface area contributed by atoms with Crippen molar-refractivity contribution in [3.05, 3.63) is 40.5 Å². The van der Waals surface area contributed by atoms with Crippen LogP contribution in [0.3, 0.4) is 0 Å². The van der Waals surface area contributed by atoms with Crippen molar-refractivity contribution in [3.8, 4) is 11.3 Å². The summed E-state index contributed by atoms with van der Waals surface area (Å²) in [5.74, 6) is -1.53. The first-order valence-corrected chi connectivity index (χ1v) is 8.16. The summed E-state index contributed by atoms with van der Waals surface area (Å²) in [6, 6.07) is 8.50. The Morgan fingerprint density at radius 3 is 2.65 bits per heavy atom. The van der Waals surface area contributed by atoms with Crippen LogP contribution in [0.1, 0.15) is 36.7 Å². The fraction of sp³-hybridized carbons (Fsp3) is 0.312. The van der Waals surface area contributed by atoms with E-state index in [9.17, 15) is 14.7 Å². The molecule has 0 unspecified atom stereocenters. The predicted molar refractivity (Wildman–Crippen MR) is 90.1 cm³/mol. The van der Waals surface area contributed by atoms with E-state index < -0.39 is 17.9 Å². The number of halogens is 1. The Hall–Kier alpha value is -2.15. The molecule has 1 atom stereocenters. The number of H-pyrrole nitrogens is 1. The Labute approximate surface area is 142 Å². The fourth-order valence-electron chi connectivity index (χ4n) is 2.16. The third-order valence-corrected chi connectivity index (χ3v) is 4.20. The Morgan fingerprint density at radius 2 is 2.04 bits per heavy atom. The number of nitrogens with one attached hydrogen (secondary N) is 2. The van der Waals surface area contributed by atoms with Gasteiger partial charge in [0.05, 0.1) is 4.47 Å². The van der Waals surface area contributed by atoms with Crippen LogP contribution in [0.5, 0.6) is 0 Å². The largest absolute Gasteiger partial charge is 0.480 e. The minimum atomic E-state index is -1.04. The molecule has 0 aliphatic heterocycles. The zero-order valence-corrected chi connectivity index (χ0v) is 14.3. The van der Waals surface area contributed by atoms with Gasteiger partial charge in [0.1, 0.15) is 17.4 Å². The molecule has 0 spiro atoms. The van der Waals surface area contributed by atoms with Crippen molar-refractivity contribution in [1.29, 1.82) is 0 Å². The van der Waals surface area contributed by atoms with Crippen LogP contribution in [-0.4, -0.2) is 33.2 Å². The number of carbonyl (C=O) groups excluding carboxylic acids is 1. The number of carbonyl (C=O) groups is 2. The Kier molecular flexibility index (Phi) is 5.92. The molecule has 23 heavy (non-hydrogen) atoms. The van der Waals surface area contributed by atoms with Gasteiger partial charge in [0, 0.05) is 5.56 Å². The average Bonchev–Trinajstić information content (AvgIpc) is 2.93. The number of unbranched alkanes of at least 4 members (excludes halogenated alkanes) is 1. The molecule has 0 bridgehead atoms. The number of rotatable bonds is 7. The standard InChI is InChI=1S/C16H18BrN3O3/c1-2-3-9-11(16(22)23)18-15(21)14-12(17)13(19-20-14)10-7-5-4-6-8-10/h4-8,11H,2-3,9H2,1H3,(H,18,21)(H,19,20)(H,22,23)/t11-/m0/s1. The summed E-state index contributed by atoms with van der Waals surface area (Å²) in [6.07, 6.45) is 2.00. The van der Waals surface area contributed by atoms with Crippen molar-refractivity contribution in [2.24, 2.45) is 0 Å². The number of hydrogen-bond donors (Lipinski definition) is 3. The van der Waals surface area contributed by atoms with E-state index in [4.69, 9.17) is 0 Å². The maximum absolute atomic E-state index is 12.3. The predicted octanol–water partition coefficient (Wildman–Crippen LogP) is 3.21. The van der Waals surface area contributed by atoms with Gasteiger partial charge in [0.15, 0.2) is 0 Å². The molecule has 1 heterocycles. The van der Waals surface area contributed by atoms with Crippen LogP contribution >= 0.6 is 15.9 Å². The van der Waals surface area contributed by atoms with Crippen LogP contribution in [0, 0.1) is 0 Å². The van der Waals surface area contributed by atoms with Gasteiger partial charge in [0.2, 0.25) is 0 Å². The topological polar surface area (TPSA) is 95.1 Å². The lowest BCUT2D eigenvalue weighted by Gasteiger charge is -2.13. The van der Waals surface area contributed by atoms with Crippen molar-refractivity contribution < 1.29 is 14.7 Å². The molecule has 2 aromatic rings. The normalized spacial score (nSPS) is 11.9. The van der Waals surface area contributed by atoms with Crippen molar-refractivity contribution >= 4 is 27.8 Å². The third-order valence-electron chi connectivity index (χ3n) is 3.43. The van der Waals surface area contributed by atoms with E-state index in [1.165, 1.54) is 0 Å². The van der Waals surface area contributed by atoms with Crippen LogP contribution in [0.4, 0.5) is 0 Å². The highest BCUT2D eigenvalue weighted by atomic mass is 79.9. The van der Waals surface area contributed by atoms with Gasteiger partial charge in [-0.1, -0.05) is 50.1 Å². The molecule has 1 aromatic heterocycles. The van der Waals surface area contributed by atoms with E-state index in [1.54, 1.807) is 0 Å². The van der Waals surface area contributed by atoms with E-state index in [0.717, 1.165) is 18.4 Å². The zero-order valence-electron chi connectivity index (χ0n) is 12.7. The van der Waals surface area contributed by atoms with E-state index in [0.29, 0.717) is 16.6 Å². The highest BCUT2D eigenvalue weighted by Gasteiger charge is 2.24. The number of carboxylic acids is 1. The van der Waals surface area contributed by atoms with Gasteiger partial charge in [-0.3, -0.25) is 9.89 Å². The molecule has 0 aliphatic carbocycles. The summed E-state index contributed by atoms with van der Waals surface area (Å²) in [7, 11) is 0. The number of aliphatic carboxylic acids is 1. The number of aromatic nitrogens is 2. The van der Waals surface area contributed by atoms with Gasteiger partial charge >= 0.3 is 5.97 Å². The van der Waals surface area contributed by atoms with Crippen LogP contribution in [0.15, 0.2) is 34.8 Å². The van der Waals surface area contributed by atoms with Gasteiger partial charge in [-0.05, 0) is 22.4 Å². The van der Waals surface area contributed by atoms with E-state index in [2.05, 4.69) is 31.4 Å². The van der Waals surface area contributed by atoms with E-state index in [1.807, 2.05) is 37.3 Å². The zero-order chi connectivity index (χ0) is 16.8. The third kappa shape index (κ3) is 4.19. The highest BCUT2D eigenvalue weighted by Crippen LogP contribution is 2.28. The summed E-state index contributed by atoms with van der Waals surface area (Å²) in [6.45, 7) is 1.97. The first-order chi connectivity index (χ1) is 11.0. The second kappa shape index (κ2) is 7.92. The van der Waals surface area contributed by atoms with E-state index in [-0.39, 0.29) is 5.69 Å². The van der Waals surface area contributed by atoms with Gasteiger partial charge in [-0.25, -0.2) is 4.79 Å². The van der Waals surface area contributed by atoms with Gasteiger partial charge in [0.25, 0.3) is 5.91 Å². The molecule has 0 radical (unpaired) electrons. The lowest BCUT2D eigenvalue weighted by molar-refractivity contribution is -0.139. The van der Waals surface area contributed by atoms with Gasteiger partial charge < -0.3 is 10.4 Å². The number of amides is 1. The van der Waals surface area contributed by atoms with Crippen LogP contribution in [-0.2, 0) is 4.79 Å². The summed E-state index contributed by atoms with van der Waals surface area (Å²) >= 11 is 3.37. The lowest BCUT2D eigenvalue weighted by Crippen LogP contribution is -2.41. The Balaban J connectivity index is 2.17.